The van der Waals surface area contributed by atoms with Crippen LogP contribution in [0.4, 0.5) is 0 Å². The van der Waals surface area contributed by atoms with Gasteiger partial charge in [-0.15, -0.1) is 0 Å². The average molecular weight is 523 g/mol. The number of amides is 1. The molecule has 1 N–H and O–H groups in total. The molecule has 11 heteroatoms. The van der Waals surface area contributed by atoms with E-state index in [9.17, 15) is 13.2 Å². The zero-order valence-corrected chi connectivity index (χ0v) is 21.2. The molecule has 3 heterocycles. The maximum atomic E-state index is 12.8. The molecule has 9 nitrogen and oxygen atoms in total. The molecule has 0 aliphatic heterocycles. The largest absolute Gasteiger partial charge is 0.346 e. The van der Waals surface area contributed by atoms with Crippen molar-refractivity contribution in [2.75, 3.05) is 14.1 Å². The molecule has 0 atom stereocenters. The van der Waals surface area contributed by atoms with E-state index >= 15 is 0 Å². The number of halogens is 1. The van der Waals surface area contributed by atoms with E-state index in [1.54, 1.807) is 18.5 Å². The van der Waals surface area contributed by atoms with Gasteiger partial charge in [0.2, 0.25) is 10.0 Å². The number of pyridine rings is 2. The molecule has 1 amide bonds. The summed E-state index contributed by atoms with van der Waals surface area (Å²) in [5.74, 6) is 0.0506. The lowest BCUT2D eigenvalue weighted by molar-refractivity contribution is 0.0950. The maximum absolute atomic E-state index is 12.8. The van der Waals surface area contributed by atoms with Crippen molar-refractivity contribution in [2.24, 2.45) is 0 Å². The van der Waals surface area contributed by atoms with E-state index in [-0.39, 0.29) is 22.0 Å². The maximum Gasteiger partial charge on any atom is 0.251 e. The molecule has 1 aromatic carbocycles. The Bertz CT molecular complexity index is 1590. The van der Waals surface area contributed by atoms with Gasteiger partial charge in [0.1, 0.15) is 10.6 Å². The quantitative estimate of drug-likeness (QED) is 0.392. The molecule has 1 fully saturated rings. The van der Waals surface area contributed by atoms with E-state index in [1.165, 1.54) is 32.3 Å². The van der Waals surface area contributed by atoms with Gasteiger partial charge in [-0.1, -0.05) is 11.6 Å². The Kier molecular flexibility index (Phi) is 6.42. The molecule has 0 unspecified atom stereocenters. The molecule has 4 aromatic rings. The van der Waals surface area contributed by atoms with E-state index in [0.717, 1.165) is 45.1 Å². The molecule has 3 aromatic heterocycles. The predicted octanol–water partition coefficient (Wildman–Crippen LogP) is 3.80. The van der Waals surface area contributed by atoms with Crippen LogP contribution in [0.3, 0.4) is 0 Å². The number of rotatable bonds is 7. The molecule has 1 aliphatic rings. The second-order valence-electron chi connectivity index (χ2n) is 8.78. The standard InChI is InChI=1S/C25H23ClN6O3S/c1-32(2)36(34,35)24-9-16(5-7-19(24)26)25(33)29-12-18-10-21-17(11-28-18)6-8-20(30-21)23-14-27-13-22(31-23)15-3-4-15/h5-11,13-15H,3-4,12H2,1-2H3,(H,29,33). The van der Waals surface area contributed by atoms with Crippen LogP contribution in [-0.2, 0) is 16.6 Å². The Morgan fingerprint density at radius 3 is 2.61 bits per heavy atom. The number of nitrogens with one attached hydrogen (secondary N) is 1. The van der Waals surface area contributed by atoms with Crippen molar-refractivity contribution in [3.8, 4) is 11.4 Å². The number of hydrogen-bond acceptors (Lipinski definition) is 7. The van der Waals surface area contributed by atoms with Crippen molar-refractivity contribution in [1.29, 1.82) is 0 Å². The predicted molar refractivity (Wildman–Crippen MR) is 136 cm³/mol. The Hall–Kier alpha value is -3.47. The van der Waals surface area contributed by atoms with Gasteiger partial charge in [-0.25, -0.2) is 22.7 Å². The van der Waals surface area contributed by atoms with Gasteiger partial charge >= 0.3 is 0 Å². The lowest BCUT2D eigenvalue weighted by atomic mass is 10.2. The lowest BCUT2D eigenvalue weighted by Gasteiger charge is -2.14. The van der Waals surface area contributed by atoms with Crippen molar-refractivity contribution in [2.45, 2.75) is 30.2 Å². The molecular formula is C25H23ClN6O3S. The Morgan fingerprint density at radius 2 is 1.86 bits per heavy atom. The smallest absolute Gasteiger partial charge is 0.251 e. The van der Waals surface area contributed by atoms with Crippen LogP contribution < -0.4 is 5.32 Å². The minimum atomic E-state index is -3.80. The third-order valence-electron chi connectivity index (χ3n) is 5.92. The summed E-state index contributed by atoms with van der Waals surface area (Å²) >= 11 is 6.08. The van der Waals surface area contributed by atoms with Gasteiger partial charge in [0.15, 0.2) is 0 Å². The first-order valence-corrected chi connectivity index (χ1v) is 13.1. The number of nitrogens with zero attached hydrogens (tertiary/aromatic N) is 5. The average Bonchev–Trinajstić information content (AvgIpc) is 3.72. The highest BCUT2D eigenvalue weighted by atomic mass is 35.5. The van der Waals surface area contributed by atoms with Crippen molar-refractivity contribution in [3.05, 3.63) is 77.0 Å². The van der Waals surface area contributed by atoms with Crippen molar-refractivity contribution in [1.82, 2.24) is 29.6 Å². The van der Waals surface area contributed by atoms with Gasteiger partial charge in [0, 0.05) is 43.4 Å². The molecular weight excluding hydrogens is 500 g/mol. The lowest BCUT2D eigenvalue weighted by Crippen LogP contribution is -2.25. The molecule has 1 aliphatic carbocycles. The summed E-state index contributed by atoms with van der Waals surface area (Å²) in [5, 5.41) is 3.68. The highest BCUT2D eigenvalue weighted by Gasteiger charge is 2.26. The van der Waals surface area contributed by atoms with Gasteiger partial charge < -0.3 is 5.32 Å². The zero-order valence-electron chi connectivity index (χ0n) is 19.6. The molecule has 0 bridgehead atoms. The van der Waals surface area contributed by atoms with Gasteiger partial charge in [-0.3, -0.25) is 14.8 Å². The number of carbonyl (C=O) groups is 1. The third kappa shape index (κ3) is 4.92. The van der Waals surface area contributed by atoms with Crippen LogP contribution in [0.2, 0.25) is 5.02 Å². The number of fused-ring (bicyclic) bond motifs is 1. The molecule has 0 spiro atoms. The Morgan fingerprint density at radius 1 is 1.06 bits per heavy atom. The van der Waals surface area contributed by atoms with E-state index in [1.807, 2.05) is 18.3 Å². The molecule has 184 valence electrons. The molecule has 0 radical (unpaired) electrons. The third-order valence-corrected chi connectivity index (χ3v) is 8.22. The van der Waals surface area contributed by atoms with E-state index in [4.69, 9.17) is 21.6 Å². The van der Waals surface area contributed by atoms with Crippen LogP contribution in [0.25, 0.3) is 22.3 Å². The van der Waals surface area contributed by atoms with Crippen LogP contribution in [-0.4, -0.2) is 52.7 Å². The van der Waals surface area contributed by atoms with Crippen molar-refractivity contribution >= 4 is 38.4 Å². The summed E-state index contributed by atoms with van der Waals surface area (Å²) < 4.78 is 26.0. The van der Waals surface area contributed by atoms with Crippen LogP contribution in [0, 0.1) is 0 Å². The monoisotopic (exact) mass is 522 g/mol. The van der Waals surface area contributed by atoms with E-state index < -0.39 is 15.9 Å². The van der Waals surface area contributed by atoms with Gasteiger partial charge in [-0.2, -0.15) is 0 Å². The number of aromatic nitrogens is 4. The van der Waals surface area contributed by atoms with Crippen molar-refractivity contribution < 1.29 is 13.2 Å². The molecule has 1 saturated carbocycles. The zero-order chi connectivity index (χ0) is 25.4. The van der Waals surface area contributed by atoms with Crippen LogP contribution >= 0.6 is 11.6 Å². The topological polar surface area (TPSA) is 118 Å². The SMILES string of the molecule is CN(C)S(=O)(=O)c1cc(C(=O)NCc2cc3nc(-c4cncc(C5CC5)n4)ccc3cn2)ccc1Cl. The molecule has 5 rings (SSSR count). The normalized spacial score (nSPS) is 13.8. The minimum Gasteiger partial charge on any atom is -0.346 e. The number of carbonyl (C=O) groups excluding carboxylic acids is 1. The van der Waals surface area contributed by atoms with Crippen LogP contribution in [0.1, 0.15) is 40.5 Å². The fourth-order valence-electron chi connectivity index (χ4n) is 3.69. The Balaban J connectivity index is 1.35. The Labute approximate surface area is 213 Å². The van der Waals surface area contributed by atoms with Gasteiger partial charge in [-0.05, 0) is 49.2 Å². The summed E-state index contributed by atoms with van der Waals surface area (Å²) in [5.41, 5.74) is 3.93. The van der Waals surface area contributed by atoms with E-state index in [0.29, 0.717) is 11.6 Å². The number of sulfonamides is 1. The number of benzene rings is 1. The summed E-state index contributed by atoms with van der Waals surface area (Å²) in [6, 6.07) is 9.77. The highest BCUT2D eigenvalue weighted by Crippen LogP contribution is 2.39. The van der Waals surface area contributed by atoms with Gasteiger partial charge in [0.25, 0.3) is 5.91 Å². The highest BCUT2D eigenvalue weighted by molar-refractivity contribution is 7.89. The second kappa shape index (κ2) is 9.53. The first-order valence-electron chi connectivity index (χ1n) is 11.3. The summed E-state index contributed by atoms with van der Waals surface area (Å²) in [6.45, 7) is 0.135. The molecule has 0 saturated heterocycles. The first kappa shape index (κ1) is 24.2. The summed E-state index contributed by atoms with van der Waals surface area (Å²) in [7, 11) is -0.990. The minimum absolute atomic E-state index is 0.0469. The first-order chi connectivity index (χ1) is 17.2. The van der Waals surface area contributed by atoms with Gasteiger partial charge in [0.05, 0.1) is 40.4 Å². The summed E-state index contributed by atoms with van der Waals surface area (Å²) in [6.07, 6.45) is 7.51. The van der Waals surface area contributed by atoms with E-state index in [2.05, 4.69) is 15.3 Å². The summed E-state index contributed by atoms with van der Waals surface area (Å²) in [4.78, 5) is 30.8. The molecule has 36 heavy (non-hydrogen) atoms. The fraction of sp³-hybridized carbons (Fsp3) is 0.240. The number of hydrogen-bond donors (Lipinski definition) is 1. The van der Waals surface area contributed by atoms with Crippen LogP contribution in [0.5, 0.6) is 0 Å². The fourth-order valence-corrected chi connectivity index (χ4v) is 5.08. The van der Waals surface area contributed by atoms with Crippen molar-refractivity contribution in [3.63, 3.8) is 0 Å². The second-order valence-corrected chi connectivity index (χ2v) is 11.3. The van der Waals surface area contributed by atoms with Crippen LogP contribution in [0.15, 0.2) is 59.9 Å².